The molecule has 4 heterocycles. The molecule has 3 aromatic heterocycles. The van der Waals surface area contributed by atoms with Crippen molar-refractivity contribution in [2.75, 3.05) is 16.8 Å². The van der Waals surface area contributed by atoms with Crippen LogP contribution in [0.3, 0.4) is 0 Å². The Labute approximate surface area is 223 Å². The zero-order chi connectivity index (χ0) is 27.6. The lowest BCUT2D eigenvalue weighted by Crippen LogP contribution is -2.46. The van der Waals surface area contributed by atoms with Crippen LogP contribution in [0, 0.1) is 0 Å². The third-order valence-electron chi connectivity index (χ3n) is 7.14. The van der Waals surface area contributed by atoms with Crippen molar-refractivity contribution < 1.29 is 22.4 Å². The smallest absolute Gasteiger partial charge is 0.401 e. The number of alkyl halides is 3. The van der Waals surface area contributed by atoms with Gasteiger partial charge in [0.1, 0.15) is 5.41 Å². The maximum absolute atomic E-state index is 14.3. The number of rotatable bonds is 4. The number of aromatic nitrogens is 4. The van der Waals surface area contributed by atoms with Crippen LogP contribution in [0.5, 0.6) is 0 Å². The minimum absolute atomic E-state index is 0.00621. The molecular formula is C23H27Cl2F3N6O2Si. The van der Waals surface area contributed by atoms with Crippen LogP contribution in [0.4, 0.5) is 29.3 Å². The largest absolute Gasteiger partial charge is 0.411 e. The normalized spacial score (nSPS) is 18.4. The topological polar surface area (TPSA) is 84.6 Å². The van der Waals surface area contributed by atoms with Crippen LogP contribution < -0.4 is 10.2 Å². The Balaban J connectivity index is 1.59. The summed E-state index contributed by atoms with van der Waals surface area (Å²) in [6, 6.07) is 2.05. The van der Waals surface area contributed by atoms with E-state index in [1.54, 1.807) is 0 Å². The highest BCUT2D eigenvalue weighted by molar-refractivity contribution is 6.74. The number of nitrogens with one attached hydrogen (secondary N) is 1. The molecule has 1 aliphatic rings. The van der Waals surface area contributed by atoms with Gasteiger partial charge in [0.05, 0.1) is 46.8 Å². The second kappa shape index (κ2) is 9.11. The first-order valence-electron chi connectivity index (χ1n) is 11.4. The fourth-order valence-corrected chi connectivity index (χ4v) is 5.11. The molecule has 1 atom stereocenters. The van der Waals surface area contributed by atoms with Crippen molar-refractivity contribution in [1.82, 2.24) is 19.6 Å². The summed E-state index contributed by atoms with van der Waals surface area (Å²) in [4.78, 5) is 22.6. The number of nitrogens with zero attached hydrogens (tertiary/aromatic N) is 5. The molecule has 0 aromatic carbocycles. The molecule has 8 nitrogen and oxygen atoms in total. The fourth-order valence-electron chi connectivity index (χ4n) is 3.79. The zero-order valence-corrected chi connectivity index (χ0v) is 23.7. The van der Waals surface area contributed by atoms with Crippen LogP contribution in [0.25, 0.3) is 5.65 Å². The molecule has 37 heavy (non-hydrogen) atoms. The molecule has 3 aromatic rings. The van der Waals surface area contributed by atoms with Gasteiger partial charge in [-0.3, -0.25) is 9.88 Å². The van der Waals surface area contributed by atoms with Crippen molar-refractivity contribution in [3.05, 3.63) is 46.1 Å². The molecule has 2 amide bonds. The van der Waals surface area contributed by atoms with E-state index in [9.17, 15) is 18.0 Å². The summed E-state index contributed by atoms with van der Waals surface area (Å²) in [5.41, 5.74) is -1.78. The highest BCUT2D eigenvalue weighted by Crippen LogP contribution is 2.50. The Morgan fingerprint density at radius 3 is 2.46 bits per heavy atom. The number of urea groups is 1. The van der Waals surface area contributed by atoms with E-state index >= 15 is 0 Å². The Kier molecular flexibility index (Phi) is 6.80. The van der Waals surface area contributed by atoms with Gasteiger partial charge in [-0.05, 0) is 31.1 Å². The maximum Gasteiger partial charge on any atom is 0.401 e. The molecule has 0 radical (unpaired) electrons. The molecule has 0 unspecified atom stereocenters. The number of anilines is 2. The van der Waals surface area contributed by atoms with E-state index in [0.717, 1.165) is 16.3 Å². The van der Waals surface area contributed by atoms with Gasteiger partial charge in [-0.1, -0.05) is 44.0 Å². The van der Waals surface area contributed by atoms with Crippen molar-refractivity contribution in [3.63, 3.8) is 0 Å². The molecule has 4 rings (SSSR count). The van der Waals surface area contributed by atoms with Gasteiger partial charge < -0.3 is 9.74 Å². The number of amides is 2. The first kappa shape index (κ1) is 27.6. The van der Waals surface area contributed by atoms with Crippen LogP contribution in [-0.4, -0.2) is 46.7 Å². The Morgan fingerprint density at radius 1 is 1.19 bits per heavy atom. The minimum Gasteiger partial charge on any atom is -0.411 e. The SMILES string of the molecule is CC(C)(C)[Si](C)(C)OCc1ncc(NC(=O)N2C[C@@](C)(C(F)(F)F)c3c2cnc2cc(Cl)nn32)cc1Cl. The van der Waals surface area contributed by atoms with Gasteiger partial charge in [-0.2, -0.15) is 18.3 Å². The molecule has 1 aliphatic heterocycles. The van der Waals surface area contributed by atoms with Crippen LogP contribution >= 0.6 is 23.2 Å². The van der Waals surface area contributed by atoms with Crippen LogP contribution in [-0.2, 0) is 16.4 Å². The summed E-state index contributed by atoms with van der Waals surface area (Å²) >= 11 is 12.3. The predicted molar refractivity (Wildman–Crippen MR) is 139 cm³/mol. The Hall–Kier alpha value is -2.41. The number of fused-ring (bicyclic) bond motifs is 3. The number of hydrogen-bond donors (Lipinski definition) is 1. The summed E-state index contributed by atoms with van der Waals surface area (Å²) in [5.74, 6) is 0. The highest BCUT2D eigenvalue weighted by Gasteiger charge is 2.60. The average molecular weight is 575 g/mol. The van der Waals surface area contributed by atoms with Crippen molar-refractivity contribution in [3.8, 4) is 0 Å². The number of carbonyl (C=O) groups is 1. The molecule has 0 saturated carbocycles. The van der Waals surface area contributed by atoms with E-state index in [1.807, 2.05) is 0 Å². The number of halogens is 5. The average Bonchev–Trinajstić information content (AvgIpc) is 3.29. The molecular weight excluding hydrogens is 548 g/mol. The second-order valence-corrected chi connectivity index (χ2v) is 16.4. The summed E-state index contributed by atoms with van der Waals surface area (Å²) in [6.45, 7) is 11.1. The first-order valence-corrected chi connectivity index (χ1v) is 15.1. The second-order valence-electron chi connectivity index (χ2n) is 10.8. The Bertz CT molecular complexity index is 1370. The van der Waals surface area contributed by atoms with Crippen molar-refractivity contribution in [2.24, 2.45) is 0 Å². The molecule has 0 spiro atoms. The molecule has 14 heteroatoms. The van der Waals surface area contributed by atoms with E-state index < -0.39 is 32.5 Å². The molecule has 0 fully saturated rings. The third-order valence-corrected chi connectivity index (χ3v) is 12.1. The fraction of sp³-hybridized carbons (Fsp3) is 0.478. The van der Waals surface area contributed by atoms with Crippen molar-refractivity contribution in [1.29, 1.82) is 0 Å². The summed E-state index contributed by atoms with van der Waals surface area (Å²) in [7, 11) is -2.04. The standard InChI is InChI=1S/C23H27Cl2F3N6O2Si/c1-21(2,3)37(5,6)36-11-15-14(24)7-13(9-29-15)31-20(35)33-12-22(4,23(26,27)28)19-16(33)10-30-18-8-17(25)32-34(18)19/h7-10H,11-12H2,1-6H3,(H,31,35)/t22-/m1/s1. The minimum atomic E-state index is -4.68. The van der Waals surface area contributed by atoms with Crippen LogP contribution in [0.2, 0.25) is 28.3 Å². The van der Waals surface area contributed by atoms with Gasteiger partial charge in [0.15, 0.2) is 19.1 Å². The summed E-state index contributed by atoms with van der Waals surface area (Å²) in [6.07, 6.45) is -2.07. The molecule has 0 saturated heterocycles. The Morgan fingerprint density at radius 2 is 1.86 bits per heavy atom. The van der Waals surface area contributed by atoms with E-state index in [2.05, 4.69) is 54.2 Å². The van der Waals surface area contributed by atoms with E-state index in [0.29, 0.717) is 5.69 Å². The lowest BCUT2D eigenvalue weighted by atomic mass is 9.88. The monoisotopic (exact) mass is 574 g/mol. The van der Waals surface area contributed by atoms with Crippen LogP contribution in [0.1, 0.15) is 39.1 Å². The number of pyridine rings is 1. The van der Waals surface area contributed by atoms with E-state index in [4.69, 9.17) is 27.6 Å². The van der Waals surface area contributed by atoms with Gasteiger partial charge in [-0.15, -0.1) is 0 Å². The van der Waals surface area contributed by atoms with Gasteiger partial charge >= 0.3 is 12.2 Å². The zero-order valence-electron chi connectivity index (χ0n) is 21.2. The van der Waals surface area contributed by atoms with E-state index in [-0.39, 0.29) is 44.5 Å². The molecule has 1 N–H and O–H groups in total. The lowest BCUT2D eigenvalue weighted by molar-refractivity contribution is -0.181. The molecule has 0 bridgehead atoms. The van der Waals surface area contributed by atoms with Gasteiger partial charge in [0, 0.05) is 12.6 Å². The highest BCUT2D eigenvalue weighted by atomic mass is 35.5. The van der Waals surface area contributed by atoms with Crippen LogP contribution in [0.15, 0.2) is 24.5 Å². The third kappa shape index (κ3) is 4.91. The first-order chi connectivity index (χ1) is 16.9. The van der Waals surface area contributed by atoms with Crippen molar-refractivity contribution >= 4 is 54.6 Å². The van der Waals surface area contributed by atoms with Gasteiger partial charge in [-0.25, -0.2) is 14.3 Å². The van der Waals surface area contributed by atoms with Crippen molar-refractivity contribution in [2.45, 2.75) is 64.0 Å². The molecule has 200 valence electrons. The van der Waals surface area contributed by atoms with Gasteiger partial charge in [0.25, 0.3) is 0 Å². The number of carbonyl (C=O) groups excluding carboxylic acids is 1. The lowest BCUT2D eigenvalue weighted by Gasteiger charge is -2.36. The number of hydrogen-bond acceptors (Lipinski definition) is 5. The summed E-state index contributed by atoms with van der Waals surface area (Å²) in [5, 5.41) is 6.83. The predicted octanol–water partition coefficient (Wildman–Crippen LogP) is 6.83. The maximum atomic E-state index is 14.3. The van der Waals surface area contributed by atoms with Gasteiger partial charge in [0.2, 0.25) is 0 Å². The molecule has 0 aliphatic carbocycles. The quantitative estimate of drug-likeness (QED) is 0.345. The van der Waals surface area contributed by atoms with E-state index in [1.165, 1.54) is 24.5 Å². The summed E-state index contributed by atoms with van der Waals surface area (Å²) < 4.78 is 50.0.